The third-order valence-corrected chi connectivity index (χ3v) is 8.16. The summed E-state index contributed by atoms with van der Waals surface area (Å²) in [4.78, 5) is 0. The van der Waals surface area contributed by atoms with Gasteiger partial charge in [0.05, 0.1) is 20.6 Å². The minimum Gasteiger partial charge on any atom is -0.379 e. The highest BCUT2D eigenvalue weighted by molar-refractivity contribution is 7.68. The number of hydrogen-bond acceptors (Lipinski definition) is 3. The van der Waals surface area contributed by atoms with E-state index in [0.717, 1.165) is 43.3 Å². The Morgan fingerprint density at radius 1 is 1.12 bits per heavy atom. The number of benzene rings is 1. The average Bonchev–Trinajstić information content (AvgIpc) is 2.56. The zero-order chi connectivity index (χ0) is 17.7. The lowest BCUT2D eigenvalue weighted by Gasteiger charge is -2.39. The summed E-state index contributed by atoms with van der Waals surface area (Å²) in [6.07, 6.45) is 5.14. The van der Waals surface area contributed by atoms with Gasteiger partial charge in [-0.2, -0.15) is 0 Å². The molecule has 24 heavy (non-hydrogen) atoms. The molecule has 1 aliphatic carbocycles. The van der Waals surface area contributed by atoms with Gasteiger partial charge in [0.15, 0.2) is 0 Å². The van der Waals surface area contributed by atoms with Crippen molar-refractivity contribution in [1.29, 1.82) is 0 Å². The largest absolute Gasteiger partial charge is 0.379 e. The summed E-state index contributed by atoms with van der Waals surface area (Å²) < 4.78 is 20.7. The van der Waals surface area contributed by atoms with Crippen molar-refractivity contribution in [2.24, 2.45) is 0 Å². The number of hydrogen-bond donors (Lipinski definition) is 1. The first-order valence-corrected chi connectivity index (χ1v) is 10.8. The van der Waals surface area contributed by atoms with E-state index in [1.165, 1.54) is 0 Å². The van der Waals surface area contributed by atoms with Crippen molar-refractivity contribution in [3.8, 4) is 0 Å². The smallest absolute Gasteiger partial charge is 0.262 e. The molecule has 1 fully saturated rings. The maximum Gasteiger partial charge on any atom is 0.262 e. The maximum absolute atomic E-state index is 13.9. The molecule has 0 bridgehead atoms. The highest BCUT2D eigenvalue weighted by Crippen LogP contribution is 2.61. The van der Waals surface area contributed by atoms with E-state index in [9.17, 15) is 9.67 Å². The minimum atomic E-state index is -3.32. The molecule has 1 aliphatic rings. The van der Waals surface area contributed by atoms with E-state index in [1.54, 1.807) is 0 Å². The molecule has 0 aromatic heterocycles. The van der Waals surface area contributed by atoms with E-state index in [-0.39, 0.29) is 0 Å². The van der Waals surface area contributed by atoms with Crippen molar-refractivity contribution >= 4 is 12.7 Å². The summed E-state index contributed by atoms with van der Waals surface area (Å²) in [5.41, 5.74) is 0. The number of likely N-dealkylation sites (N-methyl/N-ethyl adjacent to an activating group) is 1. The lowest BCUT2D eigenvalue weighted by molar-refractivity contribution is -0.890. The molecular weight excluding hydrogens is 321 g/mol. The fourth-order valence-electron chi connectivity index (χ4n) is 3.61. The van der Waals surface area contributed by atoms with Crippen LogP contribution in [0.15, 0.2) is 30.3 Å². The van der Waals surface area contributed by atoms with Crippen LogP contribution in [0.2, 0.25) is 0 Å². The van der Waals surface area contributed by atoms with Crippen LogP contribution in [0.1, 0.15) is 45.4 Å². The van der Waals surface area contributed by atoms with Crippen LogP contribution in [-0.4, -0.2) is 48.7 Å². The third-order valence-electron chi connectivity index (χ3n) is 5.10. The van der Waals surface area contributed by atoms with E-state index in [1.807, 2.05) is 30.3 Å². The van der Waals surface area contributed by atoms with Gasteiger partial charge >= 0.3 is 0 Å². The van der Waals surface area contributed by atoms with Gasteiger partial charge in [-0.25, -0.2) is 0 Å². The second-order valence-electron chi connectivity index (χ2n) is 7.65. The van der Waals surface area contributed by atoms with Crippen molar-refractivity contribution < 1.29 is 18.7 Å². The Labute approximate surface area is 146 Å². The van der Waals surface area contributed by atoms with E-state index in [2.05, 4.69) is 21.0 Å². The molecule has 1 atom stereocenters. The van der Waals surface area contributed by atoms with Crippen molar-refractivity contribution in [3.05, 3.63) is 30.3 Å². The normalized spacial score (nSPS) is 20.5. The molecule has 2 rings (SSSR count). The predicted molar refractivity (Wildman–Crippen MR) is 99.8 cm³/mol. The van der Waals surface area contributed by atoms with E-state index in [4.69, 9.17) is 4.52 Å². The first-order valence-electron chi connectivity index (χ1n) is 9.18. The molecule has 0 unspecified atom stereocenters. The van der Waals surface area contributed by atoms with Crippen molar-refractivity contribution in [2.45, 2.75) is 50.8 Å². The second kappa shape index (κ2) is 8.14. The molecule has 1 aromatic carbocycles. The van der Waals surface area contributed by atoms with Gasteiger partial charge < -0.3 is 14.1 Å². The van der Waals surface area contributed by atoms with E-state index < -0.39 is 12.7 Å². The maximum atomic E-state index is 13.9. The Bertz CT molecular complexity index is 553. The summed E-state index contributed by atoms with van der Waals surface area (Å²) in [5.74, 6) is 0. The topological polar surface area (TPSA) is 46.5 Å². The zero-order valence-corrected chi connectivity index (χ0v) is 16.3. The van der Waals surface area contributed by atoms with Crippen LogP contribution in [0.5, 0.6) is 0 Å². The van der Waals surface area contributed by atoms with Crippen LogP contribution in [0, 0.1) is 0 Å². The first kappa shape index (κ1) is 19.7. The van der Waals surface area contributed by atoms with Crippen LogP contribution in [-0.2, 0) is 9.09 Å². The van der Waals surface area contributed by atoms with Crippen LogP contribution in [0.4, 0.5) is 0 Å². The molecule has 136 valence electrons. The molecule has 1 saturated carbocycles. The number of rotatable bonds is 8. The Balaban J connectivity index is 2.19. The Hall–Kier alpha value is -0.670. The van der Waals surface area contributed by atoms with Gasteiger partial charge in [0.2, 0.25) is 0 Å². The van der Waals surface area contributed by atoms with Gasteiger partial charge in [0, 0.05) is 5.30 Å². The summed E-state index contributed by atoms with van der Waals surface area (Å²) in [6, 6.07) is 9.31. The highest BCUT2D eigenvalue weighted by Gasteiger charge is 2.49. The van der Waals surface area contributed by atoms with Gasteiger partial charge in [-0.1, -0.05) is 31.5 Å². The van der Waals surface area contributed by atoms with Crippen LogP contribution >= 0.6 is 7.37 Å². The molecule has 0 heterocycles. The molecule has 0 aliphatic heterocycles. The third kappa shape index (κ3) is 4.49. The van der Waals surface area contributed by atoms with E-state index >= 15 is 0 Å². The quantitative estimate of drug-likeness (QED) is 0.571. The summed E-state index contributed by atoms with van der Waals surface area (Å²) >= 11 is 0. The second-order valence-corrected chi connectivity index (χ2v) is 10.4. The van der Waals surface area contributed by atoms with Crippen LogP contribution < -0.4 is 5.30 Å². The number of nitrogens with zero attached hydrogens (tertiary/aromatic N) is 1. The molecule has 0 radical (unpaired) electrons. The van der Waals surface area contributed by atoms with Crippen LogP contribution in [0.25, 0.3) is 0 Å². The fraction of sp³-hybridized carbons (Fsp3) is 0.684. The number of quaternary nitrogens is 1. The van der Waals surface area contributed by atoms with Gasteiger partial charge in [0.1, 0.15) is 18.5 Å². The number of aliphatic hydroxyl groups is 1. The monoisotopic (exact) mass is 354 g/mol. The molecule has 1 N–H and O–H groups in total. The molecule has 0 amide bonds. The molecule has 1 aromatic rings. The summed E-state index contributed by atoms with van der Waals surface area (Å²) in [7, 11) is 1.01. The molecule has 0 saturated heterocycles. The molecule has 0 spiro atoms. The SMILES string of the molecule is CCC[N+](C)(C)CCO[P@](=O)(c1ccccc1)C1(O)CCCCC1. The Morgan fingerprint density at radius 2 is 1.75 bits per heavy atom. The summed E-state index contributed by atoms with van der Waals surface area (Å²) in [6.45, 7) is 4.42. The van der Waals surface area contributed by atoms with E-state index in [0.29, 0.717) is 24.8 Å². The van der Waals surface area contributed by atoms with Crippen molar-refractivity contribution in [2.75, 3.05) is 33.8 Å². The lowest BCUT2D eigenvalue weighted by atomic mass is 9.97. The standard InChI is InChI=1S/C19H33NO3P/c1-4-15-20(2,3)16-17-23-24(22,18-11-7-5-8-12-18)19(21)13-9-6-10-14-19/h5,7-8,11-12,21H,4,6,9-10,13-17H2,1-3H3/q+1/t24-/m1/s1. The Morgan fingerprint density at radius 3 is 2.33 bits per heavy atom. The minimum absolute atomic E-state index is 0.404. The van der Waals surface area contributed by atoms with Gasteiger partial charge in [-0.15, -0.1) is 0 Å². The highest BCUT2D eigenvalue weighted by atomic mass is 31.2. The van der Waals surface area contributed by atoms with Gasteiger partial charge in [-0.05, 0) is 44.2 Å². The van der Waals surface area contributed by atoms with Gasteiger partial charge in [0.25, 0.3) is 7.37 Å². The van der Waals surface area contributed by atoms with Crippen molar-refractivity contribution in [3.63, 3.8) is 0 Å². The van der Waals surface area contributed by atoms with Crippen LogP contribution in [0.3, 0.4) is 0 Å². The molecular formula is C19H33NO3P+. The predicted octanol–water partition coefficient (Wildman–Crippen LogP) is 3.75. The summed E-state index contributed by atoms with van der Waals surface area (Å²) in [5, 5.41) is 10.6. The first-order chi connectivity index (χ1) is 11.3. The fourth-order valence-corrected chi connectivity index (χ4v) is 6.28. The Kier molecular flexibility index (Phi) is 6.66. The lowest BCUT2D eigenvalue weighted by Crippen LogP contribution is -2.43. The zero-order valence-electron chi connectivity index (χ0n) is 15.4. The molecule has 4 nitrogen and oxygen atoms in total. The molecule has 5 heteroatoms. The van der Waals surface area contributed by atoms with Crippen molar-refractivity contribution in [1.82, 2.24) is 0 Å². The average molecular weight is 354 g/mol. The van der Waals surface area contributed by atoms with Gasteiger partial charge in [-0.3, -0.25) is 4.57 Å².